The second kappa shape index (κ2) is 6.27. The van der Waals surface area contributed by atoms with E-state index in [9.17, 15) is 9.59 Å². The summed E-state index contributed by atoms with van der Waals surface area (Å²) in [6.07, 6.45) is 0. The van der Waals surface area contributed by atoms with E-state index >= 15 is 0 Å². The summed E-state index contributed by atoms with van der Waals surface area (Å²) in [7, 11) is 0. The summed E-state index contributed by atoms with van der Waals surface area (Å²) in [6, 6.07) is 6.07. The first-order valence-corrected chi connectivity index (χ1v) is 6.11. The fourth-order valence-corrected chi connectivity index (χ4v) is 2.12. The van der Waals surface area contributed by atoms with Crippen molar-refractivity contribution in [2.75, 3.05) is 5.75 Å². The molecule has 0 saturated carbocycles. The van der Waals surface area contributed by atoms with Crippen molar-refractivity contribution in [1.82, 2.24) is 0 Å². The Morgan fingerprint density at radius 1 is 1.41 bits per heavy atom. The van der Waals surface area contributed by atoms with Crippen molar-refractivity contribution in [2.45, 2.75) is 11.8 Å². The van der Waals surface area contributed by atoms with Gasteiger partial charge >= 0.3 is 5.97 Å². The number of hydrogen-bond acceptors (Lipinski definition) is 4. The minimum atomic E-state index is -1.01. The maximum atomic E-state index is 10.9. The molecule has 1 unspecified atom stereocenters. The van der Waals surface area contributed by atoms with Gasteiger partial charge in [-0.3, -0.25) is 9.59 Å². The van der Waals surface area contributed by atoms with Crippen molar-refractivity contribution in [3.63, 3.8) is 0 Å². The third kappa shape index (κ3) is 4.46. The molecule has 5 nitrogen and oxygen atoms in total. The van der Waals surface area contributed by atoms with Gasteiger partial charge in [-0.05, 0) is 17.7 Å². The molecular weight excluding hydrogens is 240 g/mol. The fourth-order valence-electron chi connectivity index (χ4n) is 1.19. The van der Waals surface area contributed by atoms with Crippen molar-refractivity contribution in [2.24, 2.45) is 11.5 Å². The number of nitrogens with two attached hydrogens (primary N) is 2. The van der Waals surface area contributed by atoms with Crippen LogP contribution in [0.1, 0.15) is 15.9 Å². The third-order valence-corrected chi connectivity index (χ3v) is 3.23. The van der Waals surface area contributed by atoms with Gasteiger partial charge in [-0.1, -0.05) is 12.1 Å². The summed E-state index contributed by atoms with van der Waals surface area (Å²) >= 11 is 1.41. The molecule has 17 heavy (non-hydrogen) atoms. The molecule has 1 aromatic carbocycles. The van der Waals surface area contributed by atoms with Gasteiger partial charge in [0.25, 0.3) is 0 Å². The minimum absolute atomic E-state index is 0.329. The molecule has 0 radical (unpaired) electrons. The number of aliphatic carboxylic acids is 1. The van der Waals surface area contributed by atoms with Crippen LogP contribution in [0.25, 0.3) is 0 Å². The smallest absolute Gasteiger partial charge is 0.321 e. The zero-order valence-corrected chi connectivity index (χ0v) is 9.94. The lowest BCUT2D eigenvalue weighted by Crippen LogP contribution is -2.32. The summed E-state index contributed by atoms with van der Waals surface area (Å²) in [5.74, 6) is -0.555. The Morgan fingerprint density at radius 2 is 2.12 bits per heavy atom. The topological polar surface area (TPSA) is 106 Å². The minimum Gasteiger partial charge on any atom is -0.480 e. The molecule has 0 bridgehead atoms. The predicted molar refractivity (Wildman–Crippen MR) is 66.7 cm³/mol. The van der Waals surface area contributed by atoms with Crippen molar-refractivity contribution < 1.29 is 14.7 Å². The van der Waals surface area contributed by atoms with E-state index in [-0.39, 0.29) is 0 Å². The first-order valence-electron chi connectivity index (χ1n) is 4.95. The van der Waals surface area contributed by atoms with Crippen molar-refractivity contribution in [3.8, 4) is 0 Å². The lowest BCUT2D eigenvalue weighted by atomic mass is 10.1. The second-order valence-electron chi connectivity index (χ2n) is 3.52. The number of thioether (sulfide) groups is 1. The highest BCUT2D eigenvalue weighted by molar-refractivity contribution is 7.98. The number of primary amides is 1. The highest BCUT2D eigenvalue weighted by Crippen LogP contribution is 2.14. The molecule has 0 spiro atoms. The average molecular weight is 254 g/mol. The summed E-state index contributed by atoms with van der Waals surface area (Å²) in [5.41, 5.74) is 11.9. The number of benzene rings is 1. The molecule has 0 aliphatic heterocycles. The standard InChI is InChI=1S/C11H14N2O3S/c12-9(11(15)16)6-17-5-7-2-1-3-8(4-7)10(13)14/h1-4,9H,5-6,12H2,(H2,13,14)(H,15,16). The number of hydrogen-bond donors (Lipinski definition) is 3. The van der Waals surface area contributed by atoms with Crippen LogP contribution in [-0.4, -0.2) is 28.8 Å². The van der Waals surface area contributed by atoms with E-state index in [1.54, 1.807) is 18.2 Å². The molecule has 1 amide bonds. The van der Waals surface area contributed by atoms with Crippen LogP contribution in [-0.2, 0) is 10.5 Å². The molecule has 5 N–H and O–H groups in total. The number of amides is 1. The van der Waals surface area contributed by atoms with Gasteiger partial charge in [0.1, 0.15) is 6.04 Å². The molecule has 1 rings (SSSR count). The number of carboxylic acid groups (broad SMARTS) is 1. The zero-order chi connectivity index (χ0) is 12.8. The van der Waals surface area contributed by atoms with Crippen LogP contribution in [0.2, 0.25) is 0 Å². The molecule has 92 valence electrons. The number of carbonyl (C=O) groups excluding carboxylic acids is 1. The molecule has 1 aromatic rings. The lowest BCUT2D eigenvalue weighted by Gasteiger charge is -2.06. The van der Waals surface area contributed by atoms with Crippen molar-refractivity contribution >= 4 is 23.6 Å². The van der Waals surface area contributed by atoms with E-state index in [1.165, 1.54) is 11.8 Å². The Bertz CT molecular complexity index is 423. The Labute approximate surface area is 103 Å². The van der Waals surface area contributed by atoms with Crippen LogP contribution >= 0.6 is 11.8 Å². The molecule has 0 aliphatic rings. The maximum Gasteiger partial charge on any atom is 0.321 e. The average Bonchev–Trinajstić information content (AvgIpc) is 2.29. The Hall–Kier alpha value is -1.53. The van der Waals surface area contributed by atoms with Crippen LogP contribution in [0.5, 0.6) is 0 Å². The van der Waals surface area contributed by atoms with Gasteiger partial charge in [0.2, 0.25) is 5.91 Å². The predicted octanol–water partition coefficient (Wildman–Crippen LogP) is 0.431. The normalized spacial score (nSPS) is 12.1. The SMILES string of the molecule is NC(=O)c1cccc(CSCC(N)C(=O)O)c1. The molecular formula is C11H14N2O3S. The first kappa shape index (κ1) is 13.5. The Balaban J connectivity index is 2.49. The fraction of sp³-hybridized carbons (Fsp3) is 0.273. The van der Waals surface area contributed by atoms with Crippen molar-refractivity contribution in [3.05, 3.63) is 35.4 Å². The maximum absolute atomic E-state index is 10.9. The van der Waals surface area contributed by atoms with E-state index in [1.807, 2.05) is 6.07 Å². The highest BCUT2D eigenvalue weighted by atomic mass is 32.2. The van der Waals surface area contributed by atoms with E-state index < -0.39 is 17.9 Å². The molecule has 0 aromatic heterocycles. The van der Waals surface area contributed by atoms with Crippen LogP contribution in [0.3, 0.4) is 0 Å². The molecule has 0 fully saturated rings. The quantitative estimate of drug-likeness (QED) is 0.682. The Morgan fingerprint density at radius 3 is 2.71 bits per heavy atom. The van der Waals surface area contributed by atoms with Crippen molar-refractivity contribution in [1.29, 1.82) is 0 Å². The van der Waals surface area contributed by atoms with Gasteiger partial charge in [-0.15, -0.1) is 0 Å². The first-order chi connectivity index (χ1) is 8.00. The van der Waals surface area contributed by atoms with Gasteiger partial charge in [0.05, 0.1) is 0 Å². The number of rotatable bonds is 6. The second-order valence-corrected chi connectivity index (χ2v) is 4.55. The van der Waals surface area contributed by atoms with Gasteiger partial charge in [-0.2, -0.15) is 11.8 Å². The molecule has 0 saturated heterocycles. The summed E-state index contributed by atoms with van der Waals surface area (Å²) in [6.45, 7) is 0. The van der Waals surface area contributed by atoms with E-state index in [2.05, 4.69) is 0 Å². The third-order valence-electron chi connectivity index (χ3n) is 2.09. The largest absolute Gasteiger partial charge is 0.480 e. The van der Waals surface area contributed by atoms with Crippen LogP contribution < -0.4 is 11.5 Å². The van der Waals surface area contributed by atoms with Crippen LogP contribution in [0.4, 0.5) is 0 Å². The van der Waals surface area contributed by atoms with Gasteiger partial charge in [0, 0.05) is 17.1 Å². The Kier molecular flexibility index (Phi) is 4.99. The zero-order valence-electron chi connectivity index (χ0n) is 9.13. The monoisotopic (exact) mass is 254 g/mol. The summed E-state index contributed by atoms with van der Waals surface area (Å²) < 4.78 is 0. The molecule has 1 atom stereocenters. The molecule has 0 heterocycles. The summed E-state index contributed by atoms with van der Waals surface area (Å²) in [4.78, 5) is 21.4. The van der Waals surface area contributed by atoms with Crippen LogP contribution in [0.15, 0.2) is 24.3 Å². The van der Waals surface area contributed by atoms with Gasteiger partial charge < -0.3 is 16.6 Å². The van der Waals surface area contributed by atoms with Gasteiger partial charge in [-0.25, -0.2) is 0 Å². The van der Waals surface area contributed by atoms with E-state index in [0.29, 0.717) is 17.1 Å². The highest BCUT2D eigenvalue weighted by Gasteiger charge is 2.11. The van der Waals surface area contributed by atoms with E-state index in [0.717, 1.165) is 5.56 Å². The molecule has 6 heteroatoms. The molecule has 0 aliphatic carbocycles. The number of carbonyl (C=O) groups is 2. The van der Waals surface area contributed by atoms with E-state index in [4.69, 9.17) is 16.6 Å². The van der Waals surface area contributed by atoms with Crippen LogP contribution in [0, 0.1) is 0 Å². The number of carboxylic acids is 1. The lowest BCUT2D eigenvalue weighted by molar-refractivity contribution is -0.137. The summed E-state index contributed by atoms with van der Waals surface area (Å²) in [5, 5.41) is 8.60. The van der Waals surface area contributed by atoms with Gasteiger partial charge in [0.15, 0.2) is 0 Å².